The van der Waals surface area contributed by atoms with Crippen molar-refractivity contribution in [2.45, 2.75) is 25.8 Å². The highest BCUT2D eigenvalue weighted by atomic mass is 19.1. The highest BCUT2D eigenvalue weighted by molar-refractivity contribution is 5.91. The Balaban J connectivity index is 1.84. The third-order valence-corrected chi connectivity index (χ3v) is 4.72. The van der Waals surface area contributed by atoms with Gasteiger partial charge in [0.25, 0.3) is 0 Å². The maximum absolute atomic E-state index is 13.5. The fourth-order valence-electron chi connectivity index (χ4n) is 3.26. The number of nitrogens with zero attached hydrogens (tertiary/aromatic N) is 2. The summed E-state index contributed by atoms with van der Waals surface area (Å²) in [4.78, 5) is 6.69. The van der Waals surface area contributed by atoms with Gasteiger partial charge >= 0.3 is 0 Å². The van der Waals surface area contributed by atoms with Crippen molar-refractivity contribution in [3.8, 4) is 0 Å². The van der Waals surface area contributed by atoms with E-state index in [0.29, 0.717) is 6.04 Å². The SMILES string of the molecule is CNC(C)C1CCN(c2ccnc3ccc(F)cc23)CC1. The van der Waals surface area contributed by atoms with Crippen LogP contribution < -0.4 is 10.2 Å². The van der Waals surface area contributed by atoms with Crippen LogP contribution in [0.4, 0.5) is 10.1 Å². The lowest BCUT2D eigenvalue weighted by molar-refractivity contribution is 0.324. The number of anilines is 1. The van der Waals surface area contributed by atoms with Crippen molar-refractivity contribution < 1.29 is 4.39 Å². The molecule has 1 aromatic heterocycles. The molecule has 1 unspecified atom stereocenters. The van der Waals surface area contributed by atoms with Crippen molar-refractivity contribution in [3.63, 3.8) is 0 Å². The summed E-state index contributed by atoms with van der Waals surface area (Å²) in [6.07, 6.45) is 4.15. The van der Waals surface area contributed by atoms with Gasteiger partial charge in [0.05, 0.1) is 5.52 Å². The molecule has 2 aromatic rings. The van der Waals surface area contributed by atoms with Crippen molar-refractivity contribution in [1.29, 1.82) is 0 Å². The minimum atomic E-state index is -0.199. The molecule has 0 spiro atoms. The number of benzene rings is 1. The average molecular weight is 287 g/mol. The number of hydrogen-bond acceptors (Lipinski definition) is 3. The molecule has 0 aliphatic carbocycles. The molecule has 0 amide bonds. The van der Waals surface area contributed by atoms with Crippen LogP contribution in [0.15, 0.2) is 30.5 Å². The summed E-state index contributed by atoms with van der Waals surface area (Å²) >= 11 is 0. The smallest absolute Gasteiger partial charge is 0.124 e. The van der Waals surface area contributed by atoms with Gasteiger partial charge in [0.1, 0.15) is 5.82 Å². The van der Waals surface area contributed by atoms with E-state index in [1.165, 1.54) is 18.9 Å². The van der Waals surface area contributed by atoms with Gasteiger partial charge in [0.15, 0.2) is 0 Å². The number of rotatable bonds is 3. The van der Waals surface area contributed by atoms with Crippen LogP contribution in [0.3, 0.4) is 0 Å². The van der Waals surface area contributed by atoms with Crippen LogP contribution >= 0.6 is 0 Å². The van der Waals surface area contributed by atoms with E-state index in [-0.39, 0.29) is 5.82 Å². The fourth-order valence-corrected chi connectivity index (χ4v) is 3.26. The van der Waals surface area contributed by atoms with Gasteiger partial charge in [-0.25, -0.2) is 4.39 Å². The molecule has 4 heteroatoms. The van der Waals surface area contributed by atoms with Crippen LogP contribution in [0, 0.1) is 11.7 Å². The number of halogens is 1. The molecule has 3 nitrogen and oxygen atoms in total. The maximum Gasteiger partial charge on any atom is 0.124 e. The molecule has 1 N–H and O–H groups in total. The Morgan fingerprint density at radius 3 is 2.76 bits per heavy atom. The first-order chi connectivity index (χ1) is 10.2. The van der Waals surface area contributed by atoms with Crippen LogP contribution in [-0.2, 0) is 0 Å². The van der Waals surface area contributed by atoms with E-state index in [2.05, 4.69) is 22.1 Å². The fraction of sp³-hybridized carbons (Fsp3) is 0.471. The largest absolute Gasteiger partial charge is 0.371 e. The molecule has 0 bridgehead atoms. The number of piperidine rings is 1. The lowest BCUT2D eigenvalue weighted by Gasteiger charge is -2.36. The predicted molar refractivity (Wildman–Crippen MR) is 85.2 cm³/mol. The second kappa shape index (κ2) is 5.98. The number of pyridine rings is 1. The maximum atomic E-state index is 13.5. The Kier molecular flexibility index (Phi) is 4.06. The Morgan fingerprint density at radius 2 is 2.05 bits per heavy atom. The molecule has 1 aliphatic rings. The number of fused-ring (bicyclic) bond motifs is 1. The number of hydrogen-bond donors (Lipinski definition) is 1. The van der Waals surface area contributed by atoms with Crippen LogP contribution in [0.5, 0.6) is 0 Å². The van der Waals surface area contributed by atoms with Crippen molar-refractivity contribution in [1.82, 2.24) is 10.3 Å². The molecule has 3 rings (SSSR count). The Bertz CT molecular complexity index is 620. The minimum Gasteiger partial charge on any atom is -0.371 e. The zero-order valence-electron chi connectivity index (χ0n) is 12.6. The first kappa shape index (κ1) is 14.3. The van der Waals surface area contributed by atoms with Crippen molar-refractivity contribution >= 4 is 16.6 Å². The van der Waals surface area contributed by atoms with Gasteiger partial charge in [-0.3, -0.25) is 4.98 Å². The summed E-state index contributed by atoms with van der Waals surface area (Å²) in [5.74, 6) is 0.520. The molecule has 1 saturated heterocycles. The summed E-state index contributed by atoms with van der Waals surface area (Å²) in [6.45, 7) is 4.29. The van der Waals surface area contributed by atoms with Crippen LogP contribution in [-0.4, -0.2) is 31.2 Å². The third-order valence-electron chi connectivity index (χ3n) is 4.72. The number of nitrogens with one attached hydrogen (secondary N) is 1. The van der Waals surface area contributed by atoms with Crippen molar-refractivity contribution in [3.05, 3.63) is 36.3 Å². The summed E-state index contributed by atoms with van der Waals surface area (Å²) in [7, 11) is 2.02. The quantitative estimate of drug-likeness (QED) is 0.939. The Hall–Kier alpha value is -1.68. The third kappa shape index (κ3) is 2.86. The molecule has 1 aliphatic heterocycles. The Labute approximate surface area is 125 Å². The van der Waals surface area contributed by atoms with E-state index in [9.17, 15) is 4.39 Å². The van der Waals surface area contributed by atoms with Gasteiger partial charge < -0.3 is 10.2 Å². The predicted octanol–water partition coefficient (Wildman–Crippen LogP) is 3.20. The van der Waals surface area contributed by atoms with Crippen LogP contribution in [0.2, 0.25) is 0 Å². The van der Waals surface area contributed by atoms with Gasteiger partial charge in [-0.15, -0.1) is 0 Å². The molecule has 1 aromatic carbocycles. The molecule has 112 valence electrons. The summed E-state index contributed by atoms with van der Waals surface area (Å²) < 4.78 is 13.5. The van der Waals surface area contributed by atoms with E-state index in [1.54, 1.807) is 12.1 Å². The molecule has 1 atom stereocenters. The molecule has 0 saturated carbocycles. The van der Waals surface area contributed by atoms with Gasteiger partial charge in [0.2, 0.25) is 0 Å². The second-order valence-electron chi connectivity index (χ2n) is 5.89. The standard InChI is InChI=1S/C17H22FN3/c1-12(19-2)13-6-9-21(10-7-13)17-5-8-20-16-4-3-14(18)11-15(16)17/h3-5,8,11-13,19H,6-7,9-10H2,1-2H3. The van der Waals surface area contributed by atoms with E-state index in [0.717, 1.165) is 35.6 Å². The van der Waals surface area contributed by atoms with Gasteiger partial charge in [-0.2, -0.15) is 0 Å². The average Bonchev–Trinajstić information content (AvgIpc) is 2.53. The van der Waals surface area contributed by atoms with Gasteiger partial charge in [-0.05, 0) is 57.0 Å². The first-order valence-corrected chi connectivity index (χ1v) is 7.65. The molecule has 1 fully saturated rings. The molecule has 2 heterocycles. The minimum absolute atomic E-state index is 0.199. The van der Waals surface area contributed by atoms with E-state index < -0.39 is 0 Å². The van der Waals surface area contributed by atoms with Crippen molar-refractivity contribution in [2.24, 2.45) is 5.92 Å². The molecule has 21 heavy (non-hydrogen) atoms. The van der Waals surface area contributed by atoms with Crippen LogP contribution in [0.25, 0.3) is 10.9 Å². The van der Waals surface area contributed by atoms with Gasteiger partial charge in [-0.1, -0.05) is 0 Å². The second-order valence-corrected chi connectivity index (χ2v) is 5.89. The molecular formula is C17H22FN3. The lowest BCUT2D eigenvalue weighted by atomic mass is 9.90. The van der Waals surface area contributed by atoms with E-state index >= 15 is 0 Å². The van der Waals surface area contributed by atoms with Crippen LogP contribution in [0.1, 0.15) is 19.8 Å². The number of aromatic nitrogens is 1. The summed E-state index contributed by atoms with van der Waals surface area (Å²) in [5.41, 5.74) is 1.97. The van der Waals surface area contributed by atoms with Gasteiger partial charge in [0, 0.05) is 36.4 Å². The summed E-state index contributed by atoms with van der Waals surface area (Å²) in [5, 5.41) is 4.26. The molecule has 0 radical (unpaired) electrons. The Morgan fingerprint density at radius 1 is 1.29 bits per heavy atom. The van der Waals surface area contributed by atoms with E-state index in [1.807, 2.05) is 19.3 Å². The van der Waals surface area contributed by atoms with E-state index in [4.69, 9.17) is 0 Å². The topological polar surface area (TPSA) is 28.2 Å². The molecular weight excluding hydrogens is 265 g/mol. The zero-order chi connectivity index (χ0) is 14.8. The highest BCUT2D eigenvalue weighted by Crippen LogP contribution is 2.30. The highest BCUT2D eigenvalue weighted by Gasteiger charge is 2.24. The monoisotopic (exact) mass is 287 g/mol. The lowest BCUT2D eigenvalue weighted by Crippen LogP contribution is -2.41. The van der Waals surface area contributed by atoms with Crippen molar-refractivity contribution in [2.75, 3.05) is 25.0 Å². The normalized spacial score (nSPS) is 18.1. The zero-order valence-corrected chi connectivity index (χ0v) is 12.6. The first-order valence-electron chi connectivity index (χ1n) is 7.65. The summed E-state index contributed by atoms with van der Waals surface area (Å²) in [6, 6.07) is 7.38.